The van der Waals surface area contributed by atoms with Crippen molar-refractivity contribution < 1.29 is 9.18 Å². The van der Waals surface area contributed by atoms with Gasteiger partial charge in [-0.3, -0.25) is 4.79 Å². The molecule has 3 heterocycles. The maximum atomic E-state index is 13.7. The Kier molecular flexibility index (Phi) is 7.02. The lowest BCUT2D eigenvalue weighted by Gasteiger charge is -2.18. The van der Waals surface area contributed by atoms with Crippen LogP contribution in [0.3, 0.4) is 0 Å². The van der Waals surface area contributed by atoms with Gasteiger partial charge in [0.1, 0.15) is 11.6 Å². The fraction of sp³-hybridized carbons (Fsp3) is 0.286. The molecule has 36 heavy (non-hydrogen) atoms. The van der Waals surface area contributed by atoms with Gasteiger partial charge in [-0.15, -0.1) is 0 Å². The first-order chi connectivity index (χ1) is 17.6. The van der Waals surface area contributed by atoms with Crippen molar-refractivity contribution in [1.29, 1.82) is 0 Å². The van der Waals surface area contributed by atoms with Gasteiger partial charge >= 0.3 is 0 Å². The molecule has 0 radical (unpaired) electrons. The third-order valence-corrected chi connectivity index (χ3v) is 6.41. The van der Waals surface area contributed by atoms with Crippen molar-refractivity contribution in [2.75, 3.05) is 18.4 Å². The molecule has 1 aliphatic rings. The molecule has 1 amide bonds. The highest BCUT2D eigenvalue weighted by molar-refractivity contribution is 5.94. The van der Waals surface area contributed by atoms with Crippen LogP contribution in [0.5, 0.6) is 0 Å². The minimum absolute atomic E-state index is 0.0239. The highest BCUT2D eigenvalue weighted by Gasteiger charge is 2.31. The van der Waals surface area contributed by atoms with Crippen LogP contribution in [0.25, 0.3) is 22.6 Å². The molecule has 0 bridgehead atoms. The van der Waals surface area contributed by atoms with E-state index in [2.05, 4.69) is 27.1 Å². The average molecular weight is 485 g/mol. The molecule has 0 unspecified atom stereocenters. The highest BCUT2D eigenvalue weighted by Crippen LogP contribution is 2.39. The van der Waals surface area contributed by atoms with E-state index in [1.165, 1.54) is 12.1 Å². The Morgan fingerprint density at radius 3 is 2.67 bits per heavy atom. The van der Waals surface area contributed by atoms with Crippen molar-refractivity contribution in [3.8, 4) is 22.6 Å². The van der Waals surface area contributed by atoms with E-state index in [1.807, 2.05) is 24.3 Å². The number of carbonyl (C=O) groups excluding carboxylic acids is 1. The summed E-state index contributed by atoms with van der Waals surface area (Å²) in [7, 11) is 0. The number of anilines is 1. The van der Waals surface area contributed by atoms with E-state index >= 15 is 0 Å². The number of rotatable bonds is 9. The van der Waals surface area contributed by atoms with Gasteiger partial charge in [-0.1, -0.05) is 31.5 Å². The number of imidazole rings is 1. The number of nitrogens with one attached hydrogen (secondary N) is 2. The monoisotopic (exact) mass is 484 g/mol. The summed E-state index contributed by atoms with van der Waals surface area (Å²) in [4.78, 5) is 26.8. The van der Waals surface area contributed by atoms with Gasteiger partial charge < -0.3 is 15.2 Å². The normalized spacial score (nSPS) is 14.4. The molecular weight excluding hydrogens is 455 g/mol. The quantitative estimate of drug-likeness (QED) is 0.316. The number of fused-ring (bicyclic) bond motifs is 1. The topological polar surface area (TPSA) is 84.7 Å². The fourth-order valence-electron chi connectivity index (χ4n) is 4.58. The lowest BCUT2D eigenvalue weighted by molar-refractivity contribution is 0.0948. The van der Waals surface area contributed by atoms with E-state index in [9.17, 15) is 9.18 Å². The molecule has 0 spiro atoms. The summed E-state index contributed by atoms with van der Waals surface area (Å²) in [6.45, 7) is 3.41. The third-order valence-electron chi connectivity index (χ3n) is 6.41. The van der Waals surface area contributed by atoms with Crippen LogP contribution in [-0.4, -0.2) is 38.5 Å². The van der Waals surface area contributed by atoms with Crippen molar-refractivity contribution in [2.24, 2.45) is 0 Å². The van der Waals surface area contributed by atoms with Crippen molar-refractivity contribution in [3.05, 3.63) is 84.1 Å². The van der Waals surface area contributed by atoms with E-state index in [0.717, 1.165) is 60.7 Å². The van der Waals surface area contributed by atoms with Crippen LogP contribution in [0, 0.1) is 5.82 Å². The molecular formula is C28H29FN6O. The molecule has 184 valence electrons. The molecule has 2 N–H and O–H groups in total. The standard InChI is InChI=1S/C28H29FN6O/c1-2-3-16-30-28-31-17-15-23(33-28)26-25(19-9-11-21(29)12-10-19)34-24-14-13-22(35(24)26)18-32-27(36)20-7-5-4-6-8-20/h4-12,15,17,22H,2-3,13-14,16,18H2,1H3,(H,32,36)(H,30,31,33)/t22-/m0/s1. The summed E-state index contributed by atoms with van der Waals surface area (Å²) in [6, 6.07) is 17.5. The molecule has 8 heteroatoms. The van der Waals surface area contributed by atoms with E-state index in [4.69, 9.17) is 9.97 Å². The zero-order valence-electron chi connectivity index (χ0n) is 20.2. The molecule has 0 aliphatic carbocycles. The molecule has 0 saturated heterocycles. The number of hydrogen-bond donors (Lipinski definition) is 2. The lowest BCUT2D eigenvalue weighted by atomic mass is 10.1. The molecule has 1 aliphatic heterocycles. The zero-order chi connectivity index (χ0) is 24.9. The summed E-state index contributed by atoms with van der Waals surface area (Å²) in [5.74, 6) is 1.10. The average Bonchev–Trinajstić information content (AvgIpc) is 3.48. The van der Waals surface area contributed by atoms with Crippen LogP contribution in [0.15, 0.2) is 66.9 Å². The molecule has 5 rings (SSSR count). The van der Waals surface area contributed by atoms with Crippen LogP contribution >= 0.6 is 0 Å². The van der Waals surface area contributed by atoms with Gasteiger partial charge in [0.2, 0.25) is 5.95 Å². The number of benzene rings is 2. The molecule has 0 fully saturated rings. The zero-order valence-corrected chi connectivity index (χ0v) is 20.2. The summed E-state index contributed by atoms with van der Waals surface area (Å²) < 4.78 is 15.9. The van der Waals surface area contributed by atoms with Crippen LogP contribution in [0.4, 0.5) is 10.3 Å². The molecule has 2 aromatic heterocycles. The summed E-state index contributed by atoms with van der Waals surface area (Å²) >= 11 is 0. The number of hydrogen-bond acceptors (Lipinski definition) is 5. The second-order valence-corrected chi connectivity index (χ2v) is 8.92. The Balaban J connectivity index is 1.50. The second-order valence-electron chi connectivity index (χ2n) is 8.92. The summed E-state index contributed by atoms with van der Waals surface area (Å²) in [6.07, 6.45) is 5.49. The van der Waals surface area contributed by atoms with Crippen LogP contribution in [0.2, 0.25) is 0 Å². The predicted molar refractivity (Wildman–Crippen MR) is 138 cm³/mol. The van der Waals surface area contributed by atoms with Gasteiger partial charge in [-0.2, -0.15) is 0 Å². The van der Waals surface area contributed by atoms with Gasteiger partial charge in [-0.25, -0.2) is 19.3 Å². The van der Waals surface area contributed by atoms with E-state index < -0.39 is 0 Å². The lowest BCUT2D eigenvalue weighted by Crippen LogP contribution is -2.29. The minimum atomic E-state index is -0.294. The van der Waals surface area contributed by atoms with Crippen molar-refractivity contribution in [1.82, 2.24) is 24.8 Å². The highest BCUT2D eigenvalue weighted by atomic mass is 19.1. The number of unbranched alkanes of at least 4 members (excludes halogenated alkanes) is 1. The van der Waals surface area contributed by atoms with Gasteiger partial charge in [0.25, 0.3) is 5.91 Å². The maximum Gasteiger partial charge on any atom is 0.251 e. The SMILES string of the molecule is CCCCNc1nccc(-c2c(-c3ccc(F)cc3)nc3n2[C@H](CNC(=O)c2ccccc2)CC3)n1. The van der Waals surface area contributed by atoms with Gasteiger partial charge in [0.05, 0.1) is 23.1 Å². The smallest absolute Gasteiger partial charge is 0.251 e. The van der Waals surface area contributed by atoms with Crippen molar-refractivity contribution >= 4 is 11.9 Å². The molecule has 7 nitrogen and oxygen atoms in total. The first-order valence-corrected chi connectivity index (χ1v) is 12.4. The van der Waals surface area contributed by atoms with Crippen molar-refractivity contribution in [2.45, 2.75) is 38.6 Å². The van der Waals surface area contributed by atoms with Gasteiger partial charge in [0, 0.05) is 36.8 Å². The number of carbonyl (C=O) groups is 1. The third kappa shape index (κ3) is 4.98. The Hall–Kier alpha value is -4.07. The van der Waals surface area contributed by atoms with Crippen molar-refractivity contribution in [3.63, 3.8) is 0 Å². The minimum Gasteiger partial charge on any atom is -0.354 e. The van der Waals surface area contributed by atoms with Gasteiger partial charge in [0.15, 0.2) is 0 Å². The molecule has 4 aromatic rings. The van der Waals surface area contributed by atoms with E-state index in [-0.39, 0.29) is 17.8 Å². The Bertz CT molecular complexity index is 1340. The number of aromatic nitrogens is 4. The number of nitrogens with zero attached hydrogens (tertiary/aromatic N) is 4. The Morgan fingerprint density at radius 1 is 1.08 bits per heavy atom. The Labute approximate surface area is 209 Å². The molecule has 1 atom stereocenters. The summed E-state index contributed by atoms with van der Waals surface area (Å²) in [5.41, 5.74) is 3.80. The van der Waals surface area contributed by atoms with Crippen LogP contribution in [-0.2, 0) is 6.42 Å². The predicted octanol–water partition coefficient (Wildman–Crippen LogP) is 5.28. The van der Waals surface area contributed by atoms with E-state index in [0.29, 0.717) is 18.1 Å². The fourth-order valence-corrected chi connectivity index (χ4v) is 4.58. The Morgan fingerprint density at radius 2 is 1.89 bits per heavy atom. The van der Waals surface area contributed by atoms with Gasteiger partial charge in [-0.05, 0) is 55.3 Å². The number of aryl methyl sites for hydroxylation is 1. The summed E-state index contributed by atoms with van der Waals surface area (Å²) in [5, 5.41) is 6.37. The first-order valence-electron chi connectivity index (χ1n) is 12.4. The molecule has 2 aromatic carbocycles. The second kappa shape index (κ2) is 10.7. The number of halogens is 1. The van der Waals surface area contributed by atoms with Crippen LogP contribution < -0.4 is 10.6 Å². The molecule has 0 saturated carbocycles. The maximum absolute atomic E-state index is 13.7. The van der Waals surface area contributed by atoms with E-state index in [1.54, 1.807) is 30.5 Å². The first kappa shape index (κ1) is 23.7. The number of amides is 1. The van der Waals surface area contributed by atoms with Crippen LogP contribution in [0.1, 0.15) is 48.4 Å². The largest absolute Gasteiger partial charge is 0.354 e.